The van der Waals surface area contributed by atoms with Crippen LogP contribution in [0, 0.1) is 0 Å². The normalized spacial score (nSPS) is 17.0. The first kappa shape index (κ1) is 15.4. The van der Waals surface area contributed by atoms with Gasteiger partial charge < -0.3 is 0 Å². The highest BCUT2D eigenvalue weighted by Crippen LogP contribution is 2.32. The maximum atomic E-state index is 11.3. The second kappa shape index (κ2) is 5.94. The molecule has 8 heteroatoms. The van der Waals surface area contributed by atoms with E-state index >= 15 is 0 Å². The average molecular weight is 338 g/mol. The third kappa shape index (κ3) is 3.45. The lowest BCUT2D eigenvalue weighted by molar-refractivity contribution is 0.190. The van der Waals surface area contributed by atoms with Crippen LogP contribution in [-0.2, 0) is 23.0 Å². The molecule has 1 N–H and O–H groups in total. The van der Waals surface area contributed by atoms with Crippen LogP contribution in [-0.4, -0.2) is 36.1 Å². The molecular formula is C14H18N4O2S2. The topological polar surface area (TPSA) is 75.2 Å². The summed E-state index contributed by atoms with van der Waals surface area (Å²) in [5.74, 6) is 0. The highest BCUT2D eigenvalue weighted by molar-refractivity contribution is 7.92. The number of nitrogens with one attached hydrogen (secondary N) is 1. The minimum atomic E-state index is -3.28. The Morgan fingerprint density at radius 2 is 2.23 bits per heavy atom. The molecule has 1 aliphatic heterocycles. The van der Waals surface area contributed by atoms with Gasteiger partial charge in [0, 0.05) is 36.6 Å². The van der Waals surface area contributed by atoms with Crippen molar-refractivity contribution in [3.63, 3.8) is 0 Å². The van der Waals surface area contributed by atoms with Crippen molar-refractivity contribution >= 4 is 26.5 Å². The predicted molar refractivity (Wildman–Crippen MR) is 87.3 cm³/mol. The van der Waals surface area contributed by atoms with Crippen molar-refractivity contribution in [3.8, 4) is 0 Å². The zero-order chi connectivity index (χ0) is 15.7. The van der Waals surface area contributed by atoms with E-state index in [0.29, 0.717) is 5.13 Å². The summed E-state index contributed by atoms with van der Waals surface area (Å²) in [7, 11) is -3.28. The molecule has 0 aliphatic carbocycles. The van der Waals surface area contributed by atoms with Gasteiger partial charge in [-0.3, -0.25) is 14.6 Å². The molecule has 6 nitrogen and oxygen atoms in total. The summed E-state index contributed by atoms with van der Waals surface area (Å²) in [4.78, 5) is 12.3. The summed E-state index contributed by atoms with van der Waals surface area (Å²) >= 11 is 1.42. The van der Waals surface area contributed by atoms with E-state index in [2.05, 4.69) is 26.5 Å². The Morgan fingerprint density at radius 3 is 2.91 bits per heavy atom. The Morgan fingerprint density at radius 1 is 1.41 bits per heavy atom. The van der Waals surface area contributed by atoms with E-state index < -0.39 is 10.0 Å². The van der Waals surface area contributed by atoms with Crippen molar-refractivity contribution in [1.29, 1.82) is 0 Å². The van der Waals surface area contributed by atoms with Crippen LogP contribution in [0.4, 0.5) is 5.13 Å². The summed E-state index contributed by atoms with van der Waals surface area (Å²) in [5, 5.41) is 0.458. The summed E-state index contributed by atoms with van der Waals surface area (Å²) < 4.78 is 25.1. The number of sulfonamides is 1. The number of rotatable bonds is 4. The van der Waals surface area contributed by atoms with Gasteiger partial charge in [-0.1, -0.05) is 17.4 Å². The second-order valence-corrected chi connectivity index (χ2v) is 8.25. The van der Waals surface area contributed by atoms with Crippen LogP contribution < -0.4 is 4.72 Å². The van der Waals surface area contributed by atoms with Crippen molar-refractivity contribution in [2.75, 3.05) is 17.5 Å². The molecule has 0 unspecified atom stereocenters. The first-order chi connectivity index (χ1) is 10.4. The van der Waals surface area contributed by atoms with Gasteiger partial charge in [0.2, 0.25) is 10.0 Å². The van der Waals surface area contributed by atoms with E-state index in [9.17, 15) is 8.42 Å². The van der Waals surface area contributed by atoms with Gasteiger partial charge in [0.25, 0.3) is 0 Å². The van der Waals surface area contributed by atoms with Gasteiger partial charge in [-0.2, -0.15) is 0 Å². The van der Waals surface area contributed by atoms with Crippen LogP contribution in [0.25, 0.3) is 0 Å². The molecular weight excluding hydrogens is 320 g/mol. The van der Waals surface area contributed by atoms with Gasteiger partial charge in [-0.05, 0) is 19.1 Å². The van der Waals surface area contributed by atoms with Gasteiger partial charge in [0.05, 0.1) is 17.6 Å². The minimum Gasteiger partial charge on any atom is -0.290 e. The van der Waals surface area contributed by atoms with Crippen LogP contribution in [0.15, 0.2) is 24.4 Å². The molecule has 0 amide bonds. The van der Waals surface area contributed by atoms with Crippen LogP contribution in [0.1, 0.15) is 29.2 Å². The Balaban J connectivity index is 1.76. The molecule has 2 aromatic rings. The Bertz CT molecular complexity index is 758. The Kier molecular flexibility index (Phi) is 4.16. The third-order valence-electron chi connectivity index (χ3n) is 3.70. The zero-order valence-corrected chi connectivity index (χ0v) is 14.1. The van der Waals surface area contributed by atoms with Crippen LogP contribution in [0.3, 0.4) is 0 Å². The Labute approximate surface area is 134 Å². The number of anilines is 1. The molecule has 0 saturated carbocycles. The maximum Gasteiger partial charge on any atom is 0.231 e. The quantitative estimate of drug-likeness (QED) is 0.923. The molecule has 0 fully saturated rings. The summed E-state index contributed by atoms with van der Waals surface area (Å²) in [6.07, 6.45) is 3.78. The average Bonchev–Trinajstić information content (AvgIpc) is 2.86. The third-order valence-corrected chi connectivity index (χ3v) is 5.39. The van der Waals surface area contributed by atoms with Crippen molar-refractivity contribution in [2.24, 2.45) is 0 Å². The fourth-order valence-electron chi connectivity index (χ4n) is 2.56. The molecule has 1 aliphatic rings. The molecule has 3 heterocycles. The lowest BCUT2D eigenvalue weighted by Crippen LogP contribution is -2.32. The second-order valence-electron chi connectivity index (χ2n) is 5.41. The summed E-state index contributed by atoms with van der Waals surface area (Å²) in [6.45, 7) is 3.81. The van der Waals surface area contributed by atoms with E-state index in [1.165, 1.54) is 11.3 Å². The van der Waals surface area contributed by atoms with Gasteiger partial charge in [-0.15, -0.1) is 0 Å². The molecule has 0 aromatic carbocycles. The molecule has 1 atom stereocenters. The zero-order valence-electron chi connectivity index (χ0n) is 12.5. The number of thiazole rings is 1. The lowest BCUT2D eigenvalue weighted by atomic mass is 10.1. The number of nitrogens with zero attached hydrogens (tertiary/aromatic N) is 3. The number of hydrogen-bond acceptors (Lipinski definition) is 6. The van der Waals surface area contributed by atoms with Gasteiger partial charge in [0.15, 0.2) is 5.13 Å². The molecule has 0 bridgehead atoms. The van der Waals surface area contributed by atoms with Crippen LogP contribution in [0.2, 0.25) is 0 Å². The summed E-state index contributed by atoms with van der Waals surface area (Å²) in [5.41, 5.74) is 2.05. The van der Waals surface area contributed by atoms with Gasteiger partial charge >= 0.3 is 0 Å². The largest absolute Gasteiger partial charge is 0.290 e. The van der Waals surface area contributed by atoms with Crippen molar-refractivity contribution < 1.29 is 8.42 Å². The fraction of sp³-hybridized carbons (Fsp3) is 0.429. The fourth-order valence-corrected chi connectivity index (χ4v) is 4.43. The molecule has 118 valence electrons. The van der Waals surface area contributed by atoms with Crippen molar-refractivity contribution in [1.82, 2.24) is 14.9 Å². The SMILES string of the molecule is C[C@H](c1ccccn1)N1CCc2nc(NS(C)(=O)=O)sc2C1. The molecule has 0 spiro atoms. The highest BCUT2D eigenvalue weighted by Gasteiger charge is 2.25. The van der Waals surface area contributed by atoms with E-state index in [4.69, 9.17) is 0 Å². The molecule has 2 aromatic heterocycles. The van der Waals surface area contributed by atoms with E-state index in [1.807, 2.05) is 24.4 Å². The molecule has 0 radical (unpaired) electrons. The van der Waals surface area contributed by atoms with Crippen molar-refractivity contribution in [2.45, 2.75) is 25.9 Å². The minimum absolute atomic E-state index is 0.225. The predicted octanol–water partition coefficient (Wildman–Crippen LogP) is 2.03. The van der Waals surface area contributed by atoms with E-state index in [0.717, 1.165) is 42.0 Å². The van der Waals surface area contributed by atoms with Crippen LogP contribution >= 0.6 is 11.3 Å². The monoisotopic (exact) mass is 338 g/mol. The number of aromatic nitrogens is 2. The maximum absolute atomic E-state index is 11.3. The van der Waals surface area contributed by atoms with Gasteiger partial charge in [-0.25, -0.2) is 13.4 Å². The summed E-state index contributed by atoms with van der Waals surface area (Å²) in [6, 6.07) is 6.16. The first-order valence-electron chi connectivity index (χ1n) is 7.04. The Hall–Kier alpha value is -1.51. The van der Waals surface area contributed by atoms with E-state index in [1.54, 1.807) is 0 Å². The standard InChI is InChI=1S/C14H18N4O2S2/c1-10(11-5-3-4-7-15-11)18-8-6-12-13(9-18)21-14(16-12)17-22(2,19)20/h3-5,7,10H,6,8-9H2,1-2H3,(H,16,17)/t10-/m1/s1. The highest BCUT2D eigenvalue weighted by atomic mass is 32.2. The van der Waals surface area contributed by atoms with Crippen molar-refractivity contribution in [3.05, 3.63) is 40.7 Å². The smallest absolute Gasteiger partial charge is 0.231 e. The lowest BCUT2D eigenvalue weighted by Gasteiger charge is -2.31. The molecule has 3 rings (SSSR count). The first-order valence-corrected chi connectivity index (χ1v) is 9.74. The molecule has 0 saturated heterocycles. The number of hydrogen-bond donors (Lipinski definition) is 1. The van der Waals surface area contributed by atoms with E-state index in [-0.39, 0.29) is 6.04 Å². The molecule has 22 heavy (non-hydrogen) atoms. The van der Waals surface area contributed by atoms with Gasteiger partial charge in [0.1, 0.15) is 0 Å². The number of fused-ring (bicyclic) bond motifs is 1. The van der Waals surface area contributed by atoms with Crippen LogP contribution in [0.5, 0.6) is 0 Å². The number of pyridine rings is 1.